The predicted molar refractivity (Wildman–Crippen MR) is 58.8 cm³/mol. The van der Waals surface area contributed by atoms with Crippen LogP contribution in [0.2, 0.25) is 0 Å². The van der Waals surface area contributed by atoms with Gasteiger partial charge in [0.15, 0.2) is 0 Å². The number of hydrogen-bond acceptors (Lipinski definition) is 6. The molecular formula is C11H13NO6. The van der Waals surface area contributed by atoms with Crippen LogP contribution in [0.3, 0.4) is 0 Å². The summed E-state index contributed by atoms with van der Waals surface area (Å²) >= 11 is 0. The van der Waals surface area contributed by atoms with E-state index in [4.69, 9.17) is 5.11 Å². The summed E-state index contributed by atoms with van der Waals surface area (Å²) < 4.78 is 4.35. The van der Waals surface area contributed by atoms with Crippen LogP contribution in [0, 0.1) is 0 Å². The van der Waals surface area contributed by atoms with Crippen molar-refractivity contribution in [1.82, 2.24) is 4.98 Å². The fourth-order valence-corrected chi connectivity index (χ4v) is 1.27. The Hall–Kier alpha value is -1.99. The summed E-state index contributed by atoms with van der Waals surface area (Å²) in [5.74, 6) is -1.80. The number of carboxylic acid groups (broad SMARTS) is 1. The van der Waals surface area contributed by atoms with Gasteiger partial charge in [0, 0.05) is 6.20 Å². The van der Waals surface area contributed by atoms with Crippen LogP contribution in [0.25, 0.3) is 0 Å². The molecule has 3 N–H and O–H groups in total. The van der Waals surface area contributed by atoms with Gasteiger partial charge < -0.3 is 20.1 Å². The molecule has 7 heteroatoms. The molecule has 98 valence electrons. The number of rotatable bonds is 5. The highest BCUT2D eigenvalue weighted by atomic mass is 16.5. The lowest BCUT2D eigenvalue weighted by molar-refractivity contribution is -0.144. The van der Waals surface area contributed by atoms with E-state index >= 15 is 0 Å². The topological polar surface area (TPSA) is 117 Å². The Bertz CT molecular complexity index is 430. The molecule has 7 nitrogen and oxygen atoms in total. The number of carboxylic acids is 1. The highest BCUT2D eigenvalue weighted by Crippen LogP contribution is 2.17. The summed E-state index contributed by atoms with van der Waals surface area (Å²) in [6.07, 6.45) is -2.06. The average Bonchev–Trinajstić information content (AvgIpc) is 2.37. The lowest BCUT2D eigenvalue weighted by Gasteiger charge is -2.16. The first-order chi connectivity index (χ1) is 8.45. The summed E-state index contributed by atoms with van der Waals surface area (Å²) in [6, 6.07) is 2.52. The van der Waals surface area contributed by atoms with E-state index in [2.05, 4.69) is 9.72 Å². The van der Waals surface area contributed by atoms with Gasteiger partial charge in [-0.05, 0) is 12.1 Å². The molecule has 18 heavy (non-hydrogen) atoms. The Morgan fingerprint density at radius 3 is 2.50 bits per heavy atom. The number of aromatic carboxylic acids is 1. The molecule has 1 heterocycles. The Labute approximate surface area is 103 Å². The van der Waals surface area contributed by atoms with E-state index in [1.165, 1.54) is 19.2 Å². The van der Waals surface area contributed by atoms with Gasteiger partial charge in [-0.1, -0.05) is 0 Å². The van der Waals surface area contributed by atoms with Crippen LogP contribution in [0.4, 0.5) is 0 Å². The van der Waals surface area contributed by atoms with E-state index in [9.17, 15) is 19.8 Å². The zero-order chi connectivity index (χ0) is 13.7. The quantitative estimate of drug-likeness (QED) is 0.620. The van der Waals surface area contributed by atoms with Gasteiger partial charge in [-0.15, -0.1) is 0 Å². The van der Waals surface area contributed by atoms with E-state index in [1.807, 2.05) is 0 Å². The second kappa shape index (κ2) is 6.08. The molecule has 0 aliphatic heterocycles. The van der Waals surface area contributed by atoms with Crippen LogP contribution < -0.4 is 0 Å². The Balaban J connectivity index is 2.74. The molecule has 0 bridgehead atoms. The van der Waals surface area contributed by atoms with Crippen LogP contribution in [0.15, 0.2) is 18.3 Å². The first-order valence-electron chi connectivity index (χ1n) is 5.08. The van der Waals surface area contributed by atoms with Gasteiger partial charge in [-0.25, -0.2) is 4.79 Å². The number of methoxy groups -OCH3 is 1. The lowest BCUT2D eigenvalue weighted by atomic mass is 10.1. The zero-order valence-corrected chi connectivity index (χ0v) is 9.61. The SMILES string of the molecule is COC(=O)CC(O)C(O)c1ccc(C(=O)O)cn1. The third-order valence-electron chi connectivity index (χ3n) is 2.30. The fraction of sp³-hybridized carbons (Fsp3) is 0.364. The molecule has 0 fully saturated rings. The molecule has 0 aliphatic carbocycles. The maximum absolute atomic E-state index is 10.9. The maximum atomic E-state index is 10.9. The monoisotopic (exact) mass is 255 g/mol. The molecule has 0 saturated carbocycles. The van der Waals surface area contributed by atoms with Crippen LogP contribution >= 0.6 is 0 Å². The molecule has 0 aromatic carbocycles. The molecule has 2 unspecified atom stereocenters. The minimum atomic E-state index is -1.38. The number of nitrogens with zero attached hydrogens (tertiary/aromatic N) is 1. The van der Waals surface area contributed by atoms with Gasteiger partial charge in [0.1, 0.15) is 6.10 Å². The Morgan fingerprint density at radius 2 is 2.06 bits per heavy atom. The standard InChI is InChI=1S/C11H13NO6/c1-18-9(14)4-8(13)10(15)7-3-2-6(5-12-7)11(16)17/h2-3,5,8,10,13,15H,4H2,1H3,(H,16,17). The summed E-state index contributed by atoms with van der Waals surface area (Å²) in [5.41, 5.74) is 0.0461. The van der Waals surface area contributed by atoms with Gasteiger partial charge in [0.25, 0.3) is 0 Å². The number of aliphatic hydroxyl groups excluding tert-OH is 2. The molecule has 0 aliphatic rings. The van der Waals surface area contributed by atoms with Gasteiger partial charge in [-0.2, -0.15) is 0 Å². The maximum Gasteiger partial charge on any atom is 0.337 e. The van der Waals surface area contributed by atoms with Gasteiger partial charge in [0.05, 0.1) is 30.9 Å². The van der Waals surface area contributed by atoms with E-state index in [0.29, 0.717) is 0 Å². The summed E-state index contributed by atoms with van der Waals surface area (Å²) in [7, 11) is 1.17. The Morgan fingerprint density at radius 1 is 1.39 bits per heavy atom. The molecular weight excluding hydrogens is 242 g/mol. The van der Waals surface area contributed by atoms with Crippen molar-refractivity contribution < 1.29 is 29.6 Å². The number of aromatic nitrogens is 1. The number of carbonyl (C=O) groups is 2. The van der Waals surface area contributed by atoms with E-state index in [1.54, 1.807) is 0 Å². The average molecular weight is 255 g/mol. The Kier molecular flexibility index (Phi) is 4.75. The van der Waals surface area contributed by atoms with Gasteiger partial charge in [0.2, 0.25) is 0 Å². The molecule has 0 radical (unpaired) electrons. The number of carbonyl (C=O) groups excluding carboxylic acids is 1. The summed E-state index contributed by atoms with van der Waals surface area (Å²) in [4.78, 5) is 25.2. The second-order valence-electron chi connectivity index (χ2n) is 3.57. The van der Waals surface area contributed by atoms with Crippen LogP contribution in [-0.4, -0.2) is 45.5 Å². The highest BCUT2D eigenvalue weighted by molar-refractivity contribution is 5.87. The summed E-state index contributed by atoms with van der Waals surface area (Å²) in [5, 5.41) is 27.9. The van der Waals surface area contributed by atoms with Crippen molar-refractivity contribution >= 4 is 11.9 Å². The number of hydrogen-bond donors (Lipinski definition) is 3. The first kappa shape index (κ1) is 14.1. The van der Waals surface area contributed by atoms with Crippen molar-refractivity contribution in [3.8, 4) is 0 Å². The van der Waals surface area contributed by atoms with E-state index < -0.39 is 24.1 Å². The molecule has 1 aromatic rings. The number of aliphatic hydroxyl groups is 2. The third-order valence-corrected chi connectivity index (χ3v) is 2.30. The predicted octanol–water partition coefficient (Wildman–Crippen LogP) is -0.263. The highest BCUT2D eigenvalue weighted by Gasteiger charge is 2.23. The third kappa shape index (κ3) is 3.51. The molecule has 1 aromatic heterocycles. The second-order valence-corrected chi connectivity index (χ2v) is 3.57. The van der Waals surface area contributed by atoms with E-state index in [0.717, 1.165) is 6.20 Å². The van der Waals surface area contributed by atoms with Crippen molar-refractivity contribution in [1.29, 1.82) is 0 Å². The minimum absolute atomic E-state index is 0.0339. The van der Waals surface area contributed by atoms with Crippen molar-refractivity contribution in [2.24, 2.45) is 0 Å². The van der Waals surface area contributed by atoms with Gasteiger partial charge in [-0.3, -0.25) is 9.78 Å². The molecule has 1 rings (SSSR count). The van der Waals surface area contributed by atoms with E-state index in [-0.39, 0.29) is 17.7 Å². The zero-order valence-electron chi connectivity index (χ0n) is 9.61. The number of pyridine rings is 1. The lowest BCUT2D eigenvalue weighted by Crippen LogP contribution is -2.23. The van der Waals surface area contributed by atoms with Crippen LogP contribution in [-0.2, 0) is 9.53 Å². The fourth-order valence-electron chi connectivity index (χ4n) is 1.27. The van der Waals surface area contributed by atoms with Crippen molar-refractivity contribution in [2.45, 2.75) is 18.6 Å². The smallest absolute Gasteiger partial charge is 0.337 e. The molecule has 0 saturated heterocycles. The molecule has 0 amide bonds. The first-order valence-corrected chi connectivity index (χ1v) is 5.08. The number of ether oxygens (including phenoxy) is 1. The van der Waals surface area contributed by atoms with Crippen LogP contribution in [0.5, 0.6) is 0 Å². The van der Waals surface area contributed by atoms with Crippen molar-refractivity contribution in [3.05, 3.63) is 29.6 Å². The minimum Gasteiger partial charge on any atom is -0.478 e. The largest absolute Gasteiger partial charge is 0.478 e. The van der Waals surface area contributed by atoms with Crippen molar-refractivity contribution in [2.75, 3.05) is 7.11 Å². The normalized spacial score (nSPS) is 13.7. The number of esters is 1. The molecule has 2 atom stereocenters. The van der Waals surface area contributed by atoms with Gasteiger partial charge >= 0.3 is 11.9 Å². The van der Waals surface area contributed by atoms with Crippen LogP contribution in [0.1, 0.15) is 28.6 Å². The summed E-state index contributed by atoms with van der Waals surface area (Å²) in [6.45, 7) is 0. The van der Waals surface area contributed by atoms with Crippen molar-refractivity contribution in [3.63, 3.8) is 0 Å². The molecule has 0 spiro atoms.